The Morgan fingerprint density at radius 1 is 1.06 bits per heavy atom. The minimum absolute atomic E-state index is 0.278. The Hall–Kier alpha value is -2.41. The molecule has 2 aromatic rings. The van der Waals surface area contributed by atoms with E-state index in [1.54, 1.807) is 12.1 Å². The molecule has 0 heterocycles. The van der Waals surface area contributed by atoms with Crippen molar-refractivity contribution >= 4 is 5.69 Å². The maximum Gasteiger partial charge on any atom is 0.147 e. The summed E-state index contributed by atoms with van der Waals surface area (Å²) in [5, 5.41) is 11.5. The average Bonchev–Trinajstić information content (AvgIpc) is 2.39. The van der Waals surface area contributed by atoms with Gasteiger partial charge in [0.2, 0.25) is 0 Å². The normalized spacial score (nSPS) is 9.83. The first-order valence-corrected chi connectivity index (χ1v) is 5.37. The van der Waals surface area contributed by atoms with Crippen LogP contribution in [0.5, 0.6) is 0 Å². The molecular formula is C14H10F2N2. The lowest BCUT2D eigenvalue weighted by Gasteiger charge is -2.07. The third kappa shape index (κ3) is 2.83. The molecule has 0 saturated heterocycles. The molecule has 2 nitrogen and oxygen atoms in total. The number of nitrogens with zero attached hydrogens (tertiary/aromatic N) is 1. The smallest absolute Gasteiger partial charge is 0.147 e. The summed E-state index contributed by atoms with van der Waals surface area (Å²) in [6, 6.07) is 12.1. The van der Waals surface area contributed by atoms with Crippen LogP contribution in [-0.4, -0.2) is 0 Å². The largest absolute Gasteiger partial charge is 0.379 e. The van der Waals surface area contributed by atoms with E-state index in [9.17, 15) is 8.78 Å². The van der Waals surface area contributed by atoms with Crippen LogP contribution in [0.1, 0.15) is 11.1 Å². The number of hydrogen-bond acceptors (Lipinski definition) is 2. The van der Waals surface area contributed by atoms with Crippen molar-refractivity contribution in [3.63, 3.8) is 0 Å². The summed E-state index contributed by atoms with van der Waals surface area (Å²) in [7, 11) is 0. The van der Waals surface area contributed by atoms with Crippen molar-refractivity contribution in [1.29, 1.82) is 5.26 Å². The minimum atomic E-state index is -0.476. The van der Waals surface area contributed by atoms with E-state index in [0.717, 1.165) is 5.56 Å². The Bertz CT molecular complexity index is 586. The molecule has 4 heteroatoms. The highest BCUT2D eigenvalue weighted by molar-refractivity contribution is 5.49. The first-order chi connectivity index (χ1) is 8.69. The van der Waals surface area contributed by atoms with Gasteiger partial charge in [0.05, 0.1) is 17.3 Å². The Balaban J connectivity index is 2.06. The van der Waals surface area contributed by atoms with E-state index in [2.05, 4.69) is 5.32 Å². The van der Waals surface area contributed by atoms with Crippen LogP contribution in [0.15, 0.2) is 42.5 Å². The molecule has 1 N–H and O–H groups in total. The number of hydrogen-bond donors (Lipinski definition) is 1. The number of benzene rings is 2. The third-order valence-corrected chi connectivity index (χ3v) is 2.49. The SMILES string of the molecule is N#Cc1ccc(NCc2ccc(F)cc2)c(F)c1. The monoisotopic (exact) mass is 244 g/mol. The lowest BCUT2D eigenvalue weighted by atomic mass is 10.2. The first kappa shape index (κ1) is 12.1. The number of halogens is 2. The van der Waals surface area contributed by atoms with Gasteiger partial charge in [0.1, 0.15) is 11.6 Å². The molecule has 0 aliphatic rings. The Labute approximate surface area is 103 Å². The molecule has 0 amide bonds. The summed E-state index contributed by atoms with van der Waals surface area (Å²) in [4.78, 5) is 0. The average molecular weight is 244 g/mol. The van der Waals surface area contributed by atoms with Crippen LogP contribution in [0, 0.1) is 23.0 Å². The lowest BCUT2D eigenvalue weighted by Crippen LogP contribution is -2.01. The molecule has 0 atom stereocenters. The van der Waals surface area contributed by atoms with Crippen molar-refractivity contribution < 1.29 is 8.78 Å². The van der Waals surface area contributed by atoms with Gasteiger partial charge >= 0.3 is 0 Å². The quantitative estimate of drug-likeness (QED) is 0.897. The van der Waals surface area contributed by atoms with E-state index in [0.29, 0.717) is 12.2 Å². The number of nitrogens with one attached hydrogen (secondary N) is 1. The summed E-state index contributed by atoms with van der Waals surface area (Å²) in [6.07, 6.45) is 0. The maximum absolute atomic E-state index is 13.5. The van der Waals surface area contributed by atoms with E-state index < -0.39 is 5.82 Å². The fraction of sp³-hybridized carbons (Fsp3) is 0.0714. The molecule has 90 valence electrons. The van der Waals surface area contributed by atoms with Crippen molar-refractivity contribution in [2.24, 2.45) is 0 Å². The van der Waals surface area contributed by atoms with Crippen LogP contribution < -0.4 is 5.32 Å². The van der Waals surface area contributed by atoms with E-state index >= 15 is 0 Å². The van der Waals surface area contributed by atoms with Gasteiger partial charge < -0.3 is 5.32 Å². The molecule has 0 aliphatic heterocycles. The number of nitriles is 1. The fourth-order valence-electron chi connectivity index (χ4n) is 1.53. The molecule has 0 spiro atoms. The van der Waals surface area contributed by atoms with Gasteiger partial charge in [0.25, 0.3) is 0 Å². The second kappa shape index (κ2) is 5.28. The summed E-state index contributed by atoms with van der Waals surface area (Å²) in [6.45, 7) is 0.392. The van der Waals surface area contributed by atoms with Crippen molar-refractivity contribution in [3.05, 3.63) is 65.2 Å². The fourth-order valence-corrected chi connectivity index (χ4v) is 1.53. The molecule has 0 aliphatic carbocycles. The van der Waals surface area contributed by atoms with Crippen LogP contribution >= 0.6 is 0 Å². The zero-order chi connectivity index (χ0) is 13.0. The second-order valence-electron chi connectivity index (χ2n) is 3.79. The molecule has 0 unspecified atom stereocenters. The van der Waals surface area contributed by atoms with Crippen molar-refractivity contribution in [2.45, 2.75) is 6.54 Å². The van der Waals surface area contributed by atoms with Gasteiger partial charge in [-0.1, -0.05) is 12.1 Å². The highest BCUT2D eigenvalue weighted by Crippen LogP contribution is 2.16. The minimum Gasteiger partial charge on any atom is -0.379 e. The van der Waals surface area contributed by atoms with Crippen LogP contribution in [-0.2, 0) is 6.54 Å². The van der Waals surface area contributed by atoms with Crippen LogP contribution in [0.2, 0.25) is 0 Å². The molecule has 0 bridgehead atoms. The summed E-state index contributed by atoms with van der Waals surface area (Å²) >= 11 is 0. The van der Waals surface area contributed by atoms with Crippen molar-refractivity contribution in [2.75, 3.05) is 5.32 Å². The molecule has 0 aromatic heterocycles. The number of anilines is 1. The van der Waals surface area contributed by atoms with Crippen LogP contribution in [0.25, 0.3) is 0 Å². The molecule has 0 saturated carbocycles. The molecule has 2 aromatic carbocycles. The lowest BCUT2D eigenvalue weighted by molar-refractivity contribution is 0.626. The predicted octanol–water partition coefficient (Wildman–Crippen LogP) is 3.45. The molecule has 0 radical (unpaired) electrons. The number of rotatable bonds is 3. The van der Waals surface area contributed by atoms with Gasteiger partial charge in [-0.15, -0.1) is 0 Å². The Kier molecular flexibility index (Phi) is 3.54. The van der Waals surface area contributed by atoms with E-state index in [4.69, 9.17) is 5.26 Å². The van der Waals surface area contributed by atoms with Gasteiger partial charge in [-0.2, -0.15) is 5.26 Å². The molecule has 18 heavy (non-hydrogen) atoms. The highest BCUT2D eigenvalue weighted by Gasteiger charge is 2.03. The topological polar surface area (TPSA) is 35.8 Å². The van der Waals surface area contributed by atoms with Crippen LogP contribution in [0.4, 0.5) is 14.5 Å². The zero-order valence-electron chi connectivity index (χ0n) is 9.45. The predicted molar refractivity (Wildman–Crippen MR) is 64.8 cm³/mol. The molecule has 2 rings (SSSR count). The maximum atomic E-state index is 13.5. The zero-order valence-corrected chi connectivity index (χ0v) is 9.45. The van der Waals surface area contributed by atoms with Gasteiger partial charge in [-0.05, 0) is 35.9 Å². The van der Waals surface area contributed by atoms with Gasteiger partial charge in [0.15, 0.2) is 0 Å². The van der Waals surface area contributed by atoms with E-state index in [1.807, 2.05) is 6.07 Å². The van der Waals surface area contributed by atoms with Crippen molar-refractivity contribution in [3.8, 4) is 6.07 Å². The van der Waals surface area contributed by atoms with E-state index in [1.165, 1.54) is 30.3 Å². The van der Waals surface area contributed by atoms with E-state index in [-0.39, 0.29) is 11.4 Å². The first-order valence-electron chi connectivity index (χ1n) is 5.37. The summed E-state index contributed by atoms with van der Waals surface area (Å²) in [5.41, 5.74) is 1.44. The molecular weight excluding hydrogens is 234 g/mol. The standard InChI is InChI=1S/C14H10F2N2/c15-12-4-1-10(2-5-12)9-18-14-6-3-11(8-17)7-13(14)16/h1-7,18H,9H2. The highest BCUT2D eigenvalue weighted by atomic mass is 19.1. The molecule has 0 fully saturated rings. The second-order valence-corrected chi connectivity index (χ2v) is 3.79. The summed E-state index contributed by atoms with van der Waals surface area (Å²) in [5.74, 6) is -0.778. The van der Waals surface area contributed by atoms with Crippen LogP contribution in [0.3, 0.4) is 0 Å². The van der Waals surface area contributed by atoms with Gasteiger partial charge in [-0.25, -0.2) is 8.78 Å². The third-order valence-electron chi connectivity index (χ3n) is 2.49. The van der Waals surface area contributed by atoms with Gasteiger partial charge in [-0.3, -0.25) is 0 Å². The van der Waals surface area contributed by atoms with Gasteiger partial charge in [0, 0.05) is 6.54 Å². The summed E-state index contributed by atoms with van der Waals surface area (Å²) < 4.78 is 26.2. The Morgan fingerprint density at radius 2 is 1.78 bits per heavy atom. The van der Waals surface area contributed by atoms with Crippen molar-refractivity contribution in [1.82, 2.24) is 0 Å². The Morgan fingerprint density at radius 3 is 2.39 bits per heavy atom.